The van der Waals surface area contributed by atoms with Crippen LogP contribution >= 0.6 is 0 Å². The Kier molecular flexibility index (Phi) is 8.15. The third kappa shape index (κ3) is 4.94. The number of nitrogens with one attached hydrogen (secondary N) is 1. The summed E-state index contributed by atoms with van der Waals surface area (Å²) in [5, 5.41) is 0. The molecule has 1 heterocycles. The fourth-order valence-electron chi connectivity index (χ4n) is 2.56. The molecule has 1 nitrogen and oxygen atoms in total. The first-order valence-electron chi connectivity index (χ1n) is 6.20. The fourth-order valence-corrected chi connectivity index (χ4v) is 2.56. The number of likely N-dealkylation sites (tertiary alicyclic amines) is 1. The van der Waals surface area contributed by atoms with E-state index in [1.807, 2.05) is 4.90 Å². The molecule has 0 aromatic carbocycles. The van der Waals surface area contributed by atoms with E-state index in [-0.39, 0.29) is 4.70 Å². The summed E-state index contributed by atoms with van der Waals surface area (Å²) in [7, 11) is 0. The standard InChI is InChI=1S/C12H25N.FH/c1-3-5-9-13-10-6-8-12(11-13)7-4-2;/h12H,3-11H2,1-2H3;1H. The molecule has 0 aliphatic carbocycles. The molecule has 1 fully saturated rings. The van der Waals surface area contributed by atoms with Crippen LogP contribution in [0.5, 0.6) is 0 Å². The van der Waals surface area contributed by atoms with Crippen molar-refractivity contribution in [2.24, 2.45) is 5.92 Å². The third-order valence-corrected chi connectivity index (χ3v) is 3.30. The Morgan fingerprint density at radius 2 is 2.00 bits per heavy atom. The van der Waals surface area contributed by atoms with E-state index in [4.69, 9.17) is 0 Å². The monoisotopic (exact) mass is 203 g/mol. The van der Waals surface area contributed by atoms with E-state index in [1.165, 1.54) is 58.2 Å². The molecule has 2 unspecified atom stereocenters. The van der Waals surface area contributed by atoms with Gasteiger partial charge in [-0.15, -0.1) is 0 Å². The Morgan fingerprint density at radius 3 is 2.64 bits per heavy atom. The average molecular weight is 203 g/mol. The van der Waals surface area contributed by atoms with Gasteiger partial charge in [-0.3, -0.25) is 0 Å². The Morgan fingerprint density at radius 1 is 1.21 bits per heavy atom. The van der Waals surface area contributed by atoms with Gasteiger partial charge in [0.1, 0.15) is 0 Å². The number of piperidine rings is 1. The van der Waals surface area contributed by atoms with Crippen LogP contribution in [0.3, 0.4) is 0 Å². The minimum Gasteiger partial charge on any atom is -1.00 e. The van der Waals surface area contributed by atoms with Crippen molar-refractivity contribution in [3.8, 4) is 0 Å². The highest BCUT2D eigenvalue weighted by Crippen LogP contribution is 2.13. The third-order valence-electron chi connectivity index (χ3n) is 3.30. The van der Waals surface area contributed by atoms with Gasteiger partial charge in [-0.05, 0) is 25.7 Å². The number of unbranched alkanes of at least 4 members (excludes halogenated alkanes) is 1. The van der Waals surface area contributed by atoms with Gasteiger partial charge in [0, 0.05) is 5.92 Å². The van der Waals surface area contributed by atoms with Gasteiger partial charge in [0.2, 0.25) is 0 Å². The summed E-state index contributed by atoms with van der Waals surface area (Å²) in [5.74, 6) is 1.05. The summed E-state index contributed by atoms with van der Waals surface area (Å²) >= 11 is 0. The van der Waals surface area contributed by atoms with Crippen molar-refractivity contribution in [2.75, 3.05) is 19.6 Å². The lowest BCUT2D eigenvalue weighted by molar-refractivity contribution is -0.909. The molecule has 0 radical (unpaired) electrons. The second-order valence-electron chi connectivity index (χ2n) is 4.60. The van der Waals surface area contributed by atoms with E-state index in [9.17, 15) is 0 Å². The van der Waals surface area contributed by atoms with E-state index >= 15 is 0 Å². The zero-order valence-electron chi connectivity index (χ0n) is 9.82. The summed E-state index contributed by atoms with van der Waals surface area (Å²) in [4.78, 5) is 1.88. The normalized spacial score (nSPS) is 27.0. The largest absolute Gasteiger partial charge is 1.00 e. The molecular formula is C12H26FN. The van der Waals surface area contributed by atoms with Gasteiger partial charge in [0.05, 0.1) is 19.6 Å². The molecule has 0 saturated carbocycles. The van der Waals surface area contributed by atoms with Crippen LogP contribution < -0.4 is 9.60 Å². The molecule has 0 bridgehead atoms. The number of hydrogen-bond donors (Lipinski definition) is 1. The van der Waals surface area contributed by atoms with Gasteiger partial charge in [-0.1, -0.05) is 26.7 Å². The molecule has 14 heavy (non-hydrogen) atoms. The van der Waals surface area contributed by atoms with E-state index in [0.717, 1.165) is 5.92 Å². The van der Waals surface area contributed by atoms with Crippen molar-refractivity contribution in [2.45, 2.75) is 52.4 Å². The van der Waals surface area contributed by atoms with Crippen molar-refractivity contribution < 1.29 is 9.60 Å². The van der Waals surface area contributed by atoms with Gasteiger partial charge in [-0.25, -0.2) is 0 Å². The van der Waals surface area contributed by atoms with Gasteiger partial charge < -0.3 is 9.60 Å². The second kappa shape index (κ2) is 8.22. The summed E-state index contributed by atoms with van der Waals surface area (Å²) < 4.78 is 0. The molecule has 1 aliphatic rings. The molecule has 86 valence electrons. The lowest BCUT2D eigenvalue weighted by Crippen LogP contribution is -3.13. The lowest BCUT2D eigenvalue weighted by Gasteiger charge is -2.29. The molecular weight excluding hydrogens is 177 g/mol. The van der Waals surface area contributed by atoms with Crippen LogP contribution in [0.1, 0.15) is 52.4 Å². The molecule has 0 aromatic heterocycles. The van der Waals surface area contributed by atoms with Gasteiger partial charge in [0.15, 0.2) is 0 Å². The zero-order chi connectivity index (χ0) is 9.52. The van der Waals surface area contributed by atoms with Crippen LogP contribution in [-0.4, -0.2) is 19.6 Å². The maximum Gasteiger partial charge on any atom is 0.0799 e. The lowest BCUT2D eigenvalue weighted by atomic mass is 9.93. The minimum absolute atomic E-state index is 0. The molecule has 0 aromatic rings. The van der Waals surface area contributed by atoms with E-state index in [0.29, 0.717) is 0 Å². The smallest absolute Gasteiger partial charge is 0.0799 e. The number of hydrogen-bond acceptors (Lipinski definition) is 0. The van der Waals surface area contributed by atoms with Crippen molar-refractivity contribution in [1.29, 1.82) is 0 Å². The predicted octanol–water partition coefficient (Wildman–Crippen LogP) is -1.11. The number of rotatable bonds is 5. The predicted molar refractivity (Wildman–Crippen MR) is 58.1 cm³/mol. The van der Waals surface area contributed by atoms with Crippen LogP contribution in [0.15, 0.2) is 0 Å². The number of halogens is 1. The summed E-state index contributed by atoms with van der Waals surface area (Å²) in [6.45, 7) is 8.96. The number of quaternary nitrogens is 1. The summed E-state index contributed by atoms with van der Waals surface area (Å²) in [6, 6.07) is 0. The highest BCUT2D eigenvalue weighted by Gasteiger charge is 2.21. The van der Waals surface area contributed by atoms with Gasteiger partial charge in [-0.2, -0.15) is 0 Å². The zero-order valence-corrected chi connectivity index (χ0v) is 9.82. The Bertz CT molecular complexity index is 125. The van der Waals surface area contributed by atoms with Crippen molar-refractivity contribution in [3.05, 3.63) is 0 Å². The first kappa shape index (κ1) is 13.9. The van der Waals surface area contributed by atoms with Crippen LogP contribution in [0, 0.1) is 5.92 Å². The van der Waals surface area contributed by atoms with Gasteiger partial charge >= 0.3 is 0 Å². The van der Waals surface area contributed by atoms with E-state index < -0.39 is 0 Å². The molecule has 1 saturated heterocycles. The van der Waals surface area contributed by atoms with Crippen molar-refractivity contribution >= 4 is 0 Å². The Hall–Kier alpha value is -0.110. The highest BCUT2D eigenvalue weighted by atomic mass is 19.0. The van der Waals surface area contributed by atoms with Crippen LogP contribution in [0.2, 0.25) is 0 Å². The Labute approximate surface area is 88.2 Å². The maximum atomic E-state index is 2.32. The van der Waals surface area contributed by atoms with Crippen LogP contribution in [0.25, 0.3) is 0 Å². The topological polar surface area (TPSA) is 4.44 Å². The maximum absolute atomic E-state index is 2.32. The summed E-state index contributed by atoms with van der Waals surface area (Å²) in [6.07, 6.45) is 8.62. The molecule has 2 atom stereocenters. The second-order valence-corrected chi connectivity index (χ2v) is 4.60. The molecule has 1 rings (SSSR count). The molecule has 0 spiro atoms. The minimum atomic E-state index is 0. The summed E-state index contributed by atoms with van der Waals surface area (Å²) in [5.41, 5.74) is 0. The molecule has 1 N–H and O–H groups in total. The van der Waals surface area contributed by atoms with E-state index in [2.05, 4.69) is 13.8 Å². The van der Waals surface area contributed by atoms with E-state index in [1.54, 1.807) is 0 Å². The highest BCUT2D eigenvalue weighted by molar-refractivity contribution is 4.60. The van der Waals surface area contributed by atoms with Crippen LogP contribution in [0.4, 0.5) is 0 Å². The SMILES string of the molecule is CCCC[NH+]1CCCC(CCC)C1.[F-]. The quantitative estimate of drug-likeness (QED) is 0.578. The van der Waals surface area contributed by atoms with Crippen molar-refractivity contribution in [1.82, 2.24) is 0 Å². The van der Waals surface area contributed by atoms with Crippen LogP contribution in [-0.2, 0) is 0 Å². The van der Waals surface area contributed by atoms with Gasteiger partial charge in [0.25, 0.3) is 0 Å². The molecule has 2 heteroatoms. The first-order valence-corrected chi connectivity index (χ1v) is 6.20. The molecule has 0 amide bonds. The average Bonchev–Trinajstić information content (AvgIpc) is 2.16. The fraction of sp³-hybridized carbons (Fsp3) is 1.00. The first-order chi connectivity index (χ1) is 6.36. The molecule has 1 aliphatic heterocycles. The Balaban J connectivity index is 0.00000169. The van der Waals surface area contributed by atoms with Crippen molar-refractivity contribution in [3.63, 3.8) is 0 Å².